The molecule has 0 spiro atoms. The molecule has 0 aliphatic heterocycles. The zero-order valence-corrected chi connectivity index (χ0v) is 12.3. The number of fused-ring (bicyclic) bond motifs is 1. The lowest BCUT2D eigenvalue weighted by Crippen LogP contribution is -2.22. The number of aryl methyl sites for hydroxylation is 1. The van der Waals surface area contributed by atoms with Crippen molar-refractivity contribution in [2.24, 2.45) is 5.73 Å². The number of benzene rings is 2. The molecule has 1 atom stereocenters. The molecule has 0 saturated carbocycles. The number of hydrogen-bond acceptors (Lipinski definition) is 2. The predicted molar refractivity (Wildman–Crippen MR) is 83.9 cm³/mol. The number of rotatable bonds is 4. The van der Waals surface area contributed by atoms with Gasteiger partial charge in [-0.05, 0) is 48.7 Å². The summed E-state index contributed by atoms with van der Waals surface area (Å²) in [6, 6.07) is 16.7. The molecule has 21 heavy (non-hydrogen) atoms. The van der Waals surface area contributed by atoms with Crippen LogP contribution < -0.4 is 5.73 Å². The smallest absolute Gasteiger partial charge is 0.248 e. The van der Waals surface area contributed by atoms with Crippen molar-refractivity contribution in [2.75, 3.05) is 7.05 Å². The maximum absolute atomic E-state index is 11.1. The standard InChI is InChI=1S/C18H20N2O/c1-20(12-13-6-8-15(9-7-13)18(19)21)17-11-10-14-4-2-3-5-16(14)17/h2-9,17H,10-12H2,1H3,(H2,19,21)/t17-/m0/s1. The lowest BCUT2D eigenvalue weighted by atomic mass is 10.1. The van der Waals surface area contributed by atoms with E-state index < -0.39 is 0 Å². The van der Waals surface area contributed by atoms with E-state index in [1.165, 1.54) is 23.1 Å². The van der Waals surface area contributed by atoms with Crippen molar-refractivity contribution in [3.8, 4) is 0 Å². The molecule has 108 valence electrons. The summed E-state index contributed by atoms with van der Waals surface area (Å²) in [6.45, 7) is 0.873. The molecule has 1 aliphatic carbocycles. The maximum atomic E-state index is 11.1. The normalized spacial score (nSPS) is 17.0. The fourth-order valence-electron chi connectivity index (χ4n) is 3.17. The molecule has 1 aliphatic rings. The van der Waals surface area contributed by atoms with Crippen molar-refractivity contribution in [3.05, 3.63) is 70.8 Å². The third kappa shape index (κ3) is 2.83. The molecule has 3 heteroatoms. The highest BCUT2D eigenvalue weighted by Gasteiger charge is 2.25. The quantitative estimate of drug-likeness (QED) is 0.936. The van der Waals surface area contributed by atoms with Gasteiger partial charge in [-0.3, -0.25) is 9.69 Å². The van der Waals surface area contributed by atoms with Gasteiger partial charge in [-0.1, -0.05) is 36.4 Å². The van der Waals surface area contributed by atoms with Crippen molar-refractivity contribution in [3.63, 3.8) is 0 Å². The van der Waals surface area contributed by atoms with E-state index in [0.717, 1.165) is 13.0 Å². The minimum Gasteiger partial charge on any atom is -0.366 e. The summed E-state index contributed by atoms with van der Waals surface area (Å²) in [5, 5.41) is 0. The molecule has 0 radical (unpaired) electrons. The van der Waals surface area contributed by atoms with Gasteiger partial charge in [-0.25, -0.2) is 0 Å². The Kier molecular flexibility index (Phi) is 3.76. The van der Waals surface area contributed by atoms with Crippen molar-refractivity contribution in [1.82, 2.24) is 4.90 Å². The monoisotopic (exact) mass is 280 g/mol. The fourth-order valence-corrected chi connectivity index (χ4v) is 3.17. The lowest BCUT2D eigenvalue weighted by molar-refractivity contribution is 0.100. The first-order chi connectivity index (χ1) is 10.1. The zero-order chi connectivity index (χ0) is 14.8. The summed E-state index contributed by atoms with van der Waals surface area (Å²) in [7, 11) is 2.16. The topological polar surface area (TPSA) is 46.3 Å². The first-order valence-electron chi connectivity index (χ1n) is 7.32. The summed E-state index contributed by atoms with van der Waals surface area (Å²) < 4.78 is 0. The third-order valence-corrected chi connectivity index (χ3v) is 4.30. The van der Waals surface area contributed by atoms with E-state index in [2.05, 4.69) is 36.2 Å². The highest BCUT2D eigenvalue weighted by molar-refractivity contribution is 5.92. The first-order valence-corrected chi connectivity index (χ1v) is 7.32. The van der Waals surface area contributed by atoms with Crippen LogP contribution in [0.2, 0.25) is 0 Å². The van der Waals surface area contributed by atoms with Gasteiger partial charge in [0.2, 0.25) is 5.91 Å². The third-order valence-electron chi connectivity index (χ3n) is 4.30. The number of carbonyl (C=O) groups excluding carboxylic acids is 1. The Balaban J connectivity index is 1.72. The number of nitrogens with two attached hydrogens (primary N) is 1. The number of carbonyl (C=O) groups is 1. The van der Waals surface area contributed by atoms with Crippen LogP contribution in [-0.2, 0) is 13.0 Å². The molecule has 2 aromatic carbocycles. The van der Waals surface area contributed by atoms with Gasteiger partial charge in [-0.15, -0.1) is 0 Å². The Morgan fingerprint density at radius 3 is 2.62 bits per heavy atom. The fraction of sp³-hybridized carbons (Fsp3) is 0.278. The zero-order valence-electron chi connectivity index (χ0n) is 12.3. The van der Waals surface area contributed by atoms with E-state index in [-0.39, 0.29) is 5.91 Å². The molecule has 0 aromatic heterocycles. The SMILES string of the molecule is CN(Cc1ccc(C(N)=O)cc1)[C@H]1CCc2ccccc21. The Labute approximate surface area is 125 Å². The average Bonchev–Trinajstić information content (AvgIpc) is 2.92. The molecular formula is C18H20N2O. The highest BCUT2D eigenvalue weighted by atomic mass is 16.1. The second-order valence-electron chi connectivity index (χ2n) is 5.73. The Bertz CT molecular complexity index is 649. The average molecular weight is 280 g/mol. The Morgan fingerprint density at radius 1 is 1.19 bits per heavy atom. The van der Waals surface area contributed by atoms with Crippen LogP contribution in [-0.4, -0.2) is 17.9 Å². The van der Waals surface area contributed by atoms with Crippen LogP contribution in [0.5, 0.6) is 0 Å². The van der Waals surface area contributed by atoms with E-state index in [1.807, 2.05) is 12.1 Å². The van der Waals surface area contributed by atoms with Crippen LogP contribution in [0.4, 0.5) is 0 Å². The van der Waals surface area contributed by atoms with E-state index >= 15 is 0 Å². The van der Waals surface area contributed by atoms with Gasteiger partial charge in [0, 0.05) is 18.2 Å². The van der Waals surface area contributed by atoms with Crippen molar-refractivity contribution < 1.29 is 4.79 Å². The van der Waals surface area contributed by atoms with Gasteiger partial charge in [-0.2, -0.15) is 0 Å². The van der Waals surface area contributed by atoms with E-state index in [0.29, 0.717) is 11.6 Å². The van der Waals surface area contributed by atoms with Crippen LogP contribution in [0.15, 0.2) is 48.5 Å². The van der Waals surface area contributed by atoms with Crippen LogP contribution in [0.1, 0.15) is 39.5 Å². The maximum Gasteiger partial charge on any atom is 0.248 e. The van der Waals surface area contributed by atoms with Crippen LogP contribution in [0.3, 0.4) is 0 Å². The van der Waals surface area contributed by atoms with Gasteiger partial charge >= 0.3 is 0 Å². The van der Waals surface area contributed by atoms with Crippen LogP contribution >= 0.6 is 0 Å². The van der Waals surface area contributed by atoms with E-state index in [4.69, 9.17) is 5.73 Å². The minimum atomic E-state index is -0.375. The second kappa shape index (κ2) is 5.70. The number of nitrogens with zero attached hydrogens (tertiary/aromatic N) is 1. The van der Waals surface area contributed by atoms with Crippen molar-refractivity contribution in [1.29, 1.82) is 0 Å². The molecule has 3 rings (SSSR count). The Morgan fingerprint density at radius 2 is 1.90 bits per heavy atom. The molecule has 0 fully saturated rings. The number of amides is 1. The minimum absolute atomic E-state index is 0.375. The second-order valence-corrected chi connectivity index (χ2v) is 5.73. The Hall–Kier alpha value is -2.13. The number of hydrogen-bond donors (Lipinski definition) is 1. The molecule has 0 bridgehead atoms. The van der Waals surface area contributed by atoms with E-state index in [9.17, 15) is 4.79 Å². The first kappa shape index (κ1) is 13.8. The largest absolute Gasteiger partial charge is 0.366 e. The lowest BCUT2D eigenvalue weighted by Gasteiger charge is -2.25. The van der Waals surface area contributed by atoms with Gasteiger partial charge in [0.15, 0.2) is 0 Å². The van der Waals surface area contributed by atoms with Crippen LogP contribution in [0.25, 0.3) is 0 Å². The summed E-state index contributed by atoms with van der Waals surface area (Å²) in [4.78, 5) is 13.5. The molecule has 0 unspecified atom stereocenters. The summed E-state index contributed by atoms with van der Waals surface area (Å²) in [5.41, 5.74) is 9.96. The van der Waals surface area contributed by atoms with Crippen LogP contribution in [0, 0.1) is 0 Å². The molecule has 1 amide bonds. The summed E-state index contributed by atoms with van der Waals surface area (Å²) in [6.07, 6.45) is 2.33. The summed E-state index contributed by atoms with van der Waals surface area (Å²) >= 11 is 0. The molecular weight excluding hydrogens is 260 g/mol. The predicted octanol–water partition coefficient (Wildman–Crippen LogP) is 2.90. The summed E-state index contributed by atoms with van der Waals surface area (Å²) in [5.74, 6) is -0.375. The molecule has 0 heterocycles. The van der Waals surface area contributed by atoms with Gasteiger partial charge in [0.05, 0.1) is 0 Å². The number of primary amides is 1. The van der Waals surface area contributed by atoms with Gasteiger partial charge in [0.25, 0.3) is 0 Å². The highest BCUT2D eigenvalue weighted by Crippen LogP contribution is 2.35. The van der Waals surface area contributed by atoms with Gasteiger partial charge in [0.1, 0.15) is 0 Å². The molecule has 3 nitrogen and oxygen atoms in total. The van der Waals surface area contributed by atoms with Crippen molar-refractivity contribution in [2.45, 2.75) is 25.4 Å². The van der Waals surface area contributed by atoms with Gasteiger partial charge < -0.3 is 5.73 Å². The molecule has 0 saturated heterocycles. The van der Waals surface area contributed by atoms with E-state index in [1.54, 1.807) is 12.1 Å². The molecule has 2 aromatic rings. The molecule has 2 N–H and O–H groups in total. The van der Waals surface area contributed by atoms with Crippen molar-refractivity contribution >= 4 is 5.91 Å².